The van der Waals surface area contributed by atoms with Crippen molar-refractivity contribution in [1.82, 2.24) is 0 Å². The van der Waals surface area contributed by atoms with Gasteiger partial charge in [0.2, 0.25) is 0 Å². The second kappa shape index (κ2) is 39.0. The van der Waals surface area contributed by atoms with Crippen LogP contribution in [0.25, 0.3) is 0 Å². The lowest BCUT2D eigenvalue weighted by atomic mass is 9.85. The Bertz CT molecular complexity index is 1670. The lowest BCUT2D eigenvalue weighted by Gasteiger charge is -2.41. The number of aliphatic hydroxyl groups excluding tert-OH is 6. The van der Waals surface area contributed by atoms with Gasteiger partial charge in [-0.1, -0.05) is 148 Å². The third-order valence-electron chi connectivity index (χ3n) is 9.60. The summed E-state index contributed by atoms with van der Waals surface area (Å²) >= 11 is 0. The summed E-state index contributed by atoms with van der Waals surface area (Å²) in [7, 11) is -5.20. The van der Waals surface area contributed by atoms with Crippen molar-refractivity contribution < 1.29 is 68.2 Å². The van der Waals surface area contributed by atoms with Crippen molar-refractivity contribution >= 4 is 19.8 Å². The highest BCUT2D eigenvalue weighted by molar-refractivity contribution is 7.47. The quantitative estimate of drug-likeness (QED) is 0.0138. The van der Waals surface area contributed by atoms with Crippen molar-refractivity contribution in [3.63, 3.8) is 0 Å². The van der Waals surface area contributed by atoms with Crippen LogP contribution in [0.5, 0.6) is 0 Å². The van der Waals surface area contributed by atoms with Crippen LogP contribution in [0, 0.1) is 0 Å². The molecule has 0 aliphatic heterocycles. The molecule has 0 spiro atoms. The van der Waals surface area contributed by atoms with E-state index in [-0.39, 0.29) is 25.7 Å². The minimum Gasteiger partial charge on any atom is -0.462 e. The number of hydrogen-bond donors (Lipinski definition) is 7. The first-order valence-corrected chi connectivity index (χ1v) is 24.6. The van der Waals surface area contributed by atoms with Crippen molar-refractivity contribution in [1.29, 1.82) is 0 Å². The zero-order valence-electron chi connectivity index (χ0n) is 38.8. The van der Waals surface area contributed by atoms with Crippen LogP contribution in [0.2, 0.25) is 0 Å². The summed E-state index contributed by atoms with van der Waals surface area (Å²) in [4.78, 5) is 35.7. The van der Waals surface area contributed by atoms with Crippen LogP contribution in [0.15, 0.2) is 134 Å². The van der Waals surface area contributed by atoms with Crippen molar-refractivity contribution in [2.45, 2.75) is 159 Å². The lowest BCUT2D eigenvalue weighted by Crippen LogP contribution is -2.64. The summed E-state index contributed by atoms with van der Waals surface area (Å²) in [5.74, 6) is -1.42. The zero-order chi connectivity index (χ0) is 48.7. The molecule has 4 unspecified atom stereocenters. The maximum Gasteiger partial charge on any atom is 0.472 e. The Morgan fingerprint density at radius 1 is 0.545 bits per heavy atom. The monoisotopic (exact) mass is 945 g/mol. The molecule has 1 aliphatic carbocycles. The highest BCUT2D eigenvalue weighted by Crippen LogP contribution is 2.47. The van der Waals surface area contributed by atoms with Gasteiger partial charge in [0.25, 0.3) is 0 Å². The van der Waals surface area contributed by atoms with Gasteiger partial charge in [-0.15, -0.1) is 0 Å². The predicted molar refractivity (Wildman–Crippen MR) is 259 cm³/mol. The highest BCUT2D eigenvalue weighted by atomic mass is 31.2. The molecule has 14 nitrogen and oxygen atoms in total. The number of carbonyl (C=O) groups is 2. The van der Waals surface area contributed by atoms with Crippen LogP contribution in [0.1, 0.15) is 110 Å². The molecule has 1 saturated carbocycles. The molecule has 66 heavy (non-hydrogen) atoms. The van der Waals surface area contributed by atoms with Gasteiger partial charge in [0, 0.05) is 12.8 Å². The van der Waals surface area contributed by atoms with Gasteiger partial charge in [-0.2, -0.15) is 0 Å². The Morgan fingerprint density at radius 2 is 0.970 bits per heavy atom. The van der Waals surface area contributed by atoms with Gasteiger partial charge >= 0.3 is 19.8 Å². The average Bonchev–Trinajstić information content (AvgIpc) is 3.29. The van der Waals surface area contributed by atoms with Crippen LogP contribution in [0.3, 0.4) is 0 Å². The largest absolute Gasteiger partial charge is 0.472 e. The molecule has 0 radical (unpaired) electrons. The molecule has 0 bridgehead atoms. The van der Waals surface area contributed by atoms with Gasteiger partial charge in [0.15, 0.2) is 6.10 Å². The number of allylic oxidation sites excluding steroid dienone is 21. The number of rotatable bonds is 35. The van der Waals surface area contributed by atoms with Crippen LogP contribution in [-0.2, 0) is 32.7 Å². The third kappa shape index (κ3) is 31.0. The fraction of sp³-hybridized carbons (Fsp3) is 0.529. The maximum atomic E-state index is 12.8. The molecule has 0 saturated heterocycles. The molecule has 0 aromatic carbocycles. The molecule has 0 aromatic rings. The van der Waals surface area contributed by atoms with Crippen molar-refractivity contribution in [3.05, 3.63) is 134 Å². The van der Waals surface area contributed by atoms with Crippen molar-refractivity contribution in [2.75, 3.05) is 13.2 Å². The summed E-state index contributed by atoms with van der Waals surface area (Å²) in [6.45, 7) is 2.81. The topological polar surface area (TPSA) is 230 Å². The van der Waals surface area contributed by atoms with Crippen LogP contribution in [0.4, 0.5) is 0 Å². The summed E-state index contributed by atoms with van der Waals surface area (Å²) in [6.07, 6.45) is 39.7. The van der Waals surface area contributed by atoms with E-state index in [0.29, 0.717) is 12.8 Å². The van der Waals surface area contributed by atoms with E-state index in [1.165, 1.54) is 0 Å². The minimum atomic E-state index is -5.20. The molecule has 9 atom stereocenters. The minimum absolute atomic E-state index is 0.0786. The molecular formula is C51H77O14P. The van der Waals surface area contributed by atoms with E-state index in [2.05, 4.69) is 98.9 Å². The standard InChI is InChI=1S/C51H77O14P/c1-3-5-7-9-11-13-15-17-18-19-20-21-22-24-26-28-30-32-34-38-45(54)64-43(41-63-66(60,61)65-51-49(58)47(56)46(55)48(57)50(51)59)40-62-44(53)39-35-37-42(52)36-33-31-29-27-25-23-16-14-12-10-8-6-4-2/h5-8,11-14,17-18,20-21,23-26,29-33,36,42-43,46-52,55-59H,3-4,9-10,15-16,19,22,27-28,34-35,37-41H2,1-2H3,(H,60,61)/b7-5-,8-6-,13-11-,14-12-,18-17-,21-20-,25-23-,26-24-,31-29-,32-30-,36-33+/t42?,43-,46?,47-,48+,49-,50-,51?/m1/s1. The molecule has 0 amide bonds. The van der Waals surface area contributed by atoms with E-state index in [0.717, 1.165) is 57.8 Å². The third-order valence-corrected chi connectivity index (χ3v) is 10.6. The number of hydrogen-bond acceptors (Lipinski definition) is 13. The van der Waals surface area contributed by atoms with Gasteiger partial charge in [-0.05, 0) is 83.5 Å². The highest BCUT2D eigenvalue weighted by Gasteiger charge is 2.51. The normalized spacial score (nSPS) is 23.0. The molecule has 370 valence electrons. The summed E-state index contributed by atoms with van der Waals surface area (Å²) in [5.41, 5.74) is 0. The van der Waals surface area contributed by atoms with Gasteiger partial charge in [0.05, 0.1) is 12.7 Å². The number of carbonyl (C=O) groups excluding carboxylic acids is 2. The molecule has 0 heterocycles. The van der Waals surface area contributed by atoms with E-state index >= 15 is 0 Å². The Morgan fingerprint density at radius 3 is 1.44 bits per heavy atom. The predicted octanol–water partition coefficient (Wildman–Crippen LogP) is 8.13. The first-order chi connectivity index (χ1) is 31.8. The molecule has 1 aliphatic rings. The van der Waals surface area contributed by atoms with Gasteiger partial charge in [0.1, 0.15) is 43.2 Å². The van der Waals surface area contributed by atoms with Crippen LogP contribution >= 0.6 is 7.82 Å². The molecule has 0 aromatic heterocycles. The maximum absolute atomic E-state index is 12.8. The second-order valence-corrected chi connectivity index (χ2v) is 16.7. The zero-order valence-corrected chi connectivity index (χ0v) is 39.7. The Hall–Kier alpha value is -4.05. The summed E-state index contributed by atoms with van der Waals surface area (Å²) in [6, 6.07) is 0. The Kier molecular flexibility index (Phi) is 35.4. The lowest BCUT2D eigenvalue weighted by molar-refractivity contribution is -0.220. The van der Waals surface area contributed by atoms with Crippen LogP contribution < -0.4 is 0 Å². The number of phosphoric acid groups is 1. The van der Waals surface area contributed by atoms with E-state index < -0.39 is 81.8 Å². The number of aliphatic hydroxyl groups is 6. The fourth-order valence-electron chi connectivity index (χ4n) is 5.93. The first kappa shape index (κ1) is 60.0. The average molecular weight is 945 g/mol. The molecule has 7 N–H and O–H groups in total. The molecule has 1 rings (SSSR count). The van der Waals surface area contributed by atoms with Gasteiger partial charge in [-0.25, -0.2) is 4.57 Å². The van der Waals surface area contributed by atoms with E-state index in [9.17, 15) is 49.7 Å². The van der Waals surface area contributed by atoms with Gasteiger partial charge in [-0.3, -0.25) is 18.6 Å². The number of phosphoric ester groups is 1. The van der Waals surface area contributed by atoms with E-state index in [1.807, 2.05) is 30.4 Å². The molecule has 15 heteroatoms. The summed E-state index contributed by atoms with van der Waals surface area (Å²) in [5, 5.41) is 60.5. The van der Waals surface area contributed by atoms with Gasteiger partial charge < -0.3 is 45.0 Å². The molecule has 1 fully saturated rings. The first-order valence-electron chi connectivity index (χ1n) is 23.1. The fourth-order valence-corrected chi connectivity index (χ4v) is 6.90. The van der Waals surface area contributed by atoms with Crippen LogP contribution in [-0.4, -0.2) is 110 Å². The number of ether oxygens (including phenoxy) is 2. The van der Waals surface area contributed by atoms with Crippen molar-refractivity contribution in [3.8, 4) is 0 Å². The smallest absolute Gasteiger partial charge is 0.462 e. The number of esters is 2. The van der Waals surface area contributed by atoms with E-state index in [1.54, 1.807) is 18.2 Å². The Balaban J connectivity index is 2.62. The molecular weight excluding hydrogens is 868 g/mol. The Labute approximate surface area is 392 Å². The van der Waals surface area contributed by atoms with Crippen molar-refractivity contribution in [2.24, 2.45) is 0 Å². The SMILES string of the molecule is CC/C=C\C/C=C\C/C=C\C/C=C\C=C\C(O)CCCC(=O)OC[C@H](COP(=O)(O)OC1[C@H](O)[C@H](O)C(O)[C@H](O)[C@H]1O)OC(=O)CC/C=C\C/C=C\C/C=C\C/C=C\C/C=C\C/C=C\CC. The second-order valence-electron chi connectivity index (χ2n) is 15.3. The summed E-state index contributed by atoms with van der Waals surface area (Å²) < 4.78 is 33.3. The van der Waals surface area contributed by atoms with E-state index in [4.69, 9.17) is 18.5 Å².